The first-order valence-corrected chi connectivity index (χ1v) is 9.99. The second-order valence-electron chi connectivity index (χ2n) is 7.31. The van der Waals surface area contributed by atoms with Crippen LogP contribution in [0.15, 0.2) is 24.3 Å². The average Bonchev–Trinajstić information content (AvgIpc) is 2.62. The molecule has 0 bridgehead atoms. The summed E-state index contributed by atoms with van der Waals surface area (Å²) in [4.78, 5) is 24.0. The van der Waals surface area contributed by atoms with Gasteiger partial charge >= 0.3 is 11.9 Å². The van der Waals surface area contributed by atoms with Crippen LogP contribution < -0.4 is 0 Å². The molecule has 0 aliphatic carbocycles. The van der Waals surface area contributed by atoms with Gasteiger partial charge in [0.2, 0.25) is 0 Å². The van der Waals surface area contributed by atoms with Crippen molar-refractivity contribution in [2.45, 2.75) is 90.6 Å². The lowest BCUT2D eigenvalue weighted by Gasteiger charge is -2.30. The topological polar surface area (TPSA) is 63.6 Å². The number of carboxylic acid groups (broad SMARTS) is 1. The van der Waals surface area contributed by atoms with Gasteiger partial charge in [0.1, 0.15) is 5.60 Å². The molecule has 146 valence electrons. The van der Waals surface area contributed by atoms with Gasteiger partial charge in [0.15, 0.2) is 0 Å². The molecule has 0 spiro atoms. The number of benzene rings is 1. The van der Waals surface area contributed by atoms with Crippen molar-refractivity contribution in [3.8, 4) is 0 Å². The van der Waals surface area contributed by atoms with Gasteiger partial charge in [0.25, 0.3) is 0 Å². The summed E-state index contributed by atoms with van der Waals surface area (Å²) in [7, 11) is 0. The number of rotatable bonds is 13. The summed E-state index contributed by atoms with van der Waals surface area (Å²) >= 11 is 0. The summed E-state index contributed by atoms with van der Waals surface area (Å²) in [5, 5.41) is 9.31. The molecule has 0 aromatic heterocycles. The van der Waals surface area contributed by atoms with E-state index in [4.69, 9.17) is 4.74 Å². The molecule has 0 atom stereocenters. The second-order valence-corrected chi connectivity index (χ2v) is 7.31. The van der Waals surface area contributed by atoms with Crippen molar-refractivity contribution in [2.24, 2.45) is 0 Å². The predicted molar refractivity (Wildman–Crippen MR) is 105 cm³/mol. The van der Waals surface area contributed by atoms with E-state index in [9.17, 15) is 14.7 Å². The van der Waals surface area contributed by atoms with Crippen LogP contribution in [0.3, 0.4) is 0 Å². The molecule has 0 unspecified atom stereocenters. The van der Waals surface area contributed by atoms with E-state index in [0.717, 1.165) is 38.5 Å². The van der Waals surface area contributed by atoms with E-state index in [1.54, 1.807) is 12.1 Å². The van der Waals surface area contributed by atoms with Gasteiger partial charge in [0, 0.05) is 0 Å². The Labute approximate surface area is 158 Å². The number of carbonyl (C=O) groups is 2. The van der Waals surface area contributed by atoms with Crippen molar-refractivity contribution in [2.75, 3.05) is 0 Å². The minimum Gasteiger partial charge on any atom is -0.478 e. The van der Waals surface area contributed by atoms with Gasteiger partial charge in [-0.2, -0.15) is 0 Å². The van der Waals surface area contributed by atoms with Gasteiger partial charge in [-0.05, 0) is 44.7 Å². The molecule has 0 saturated heterocycles. The zero-order valence-electron chi connectivity index (χ0n) is 16.6. The van der Waals surface area contributed by atoms with Crippen LogP contribution in [-0.2, 0) is 4.74 Å². The van der Waals surface area contributed by atoms with Crippen molar-refractivity contribution in [1.82, 2.24) is 0 Å². The Hall–Kier alpha value is -1.84. The van der Waals surface area contributed by atoms with Gasteiger partial charge in [0.05, 0.1) is 11.1 Å². The quantitative estimate of drug-likeness (QED) is 0.333. The largest absolute Gasteiger partial charge is 0.478 e. The highest BCUT2D eigenvalue weighted by Gasteiger charge is 2.30. The van der Waals surface area contributed by atoms with Crippen LogP contribution in [0.1, 0.15) is 106 Å². The standard InChI is InChI=1S/C22H34O4/c1-4-6-8-12-16-22(3,17-13-9-7-5-2)26-21(25)19-15-11-10-14-18(19)20(23)24/h10-11,14-15H,4-9,12-13,16-17H2,1-3H3,(H,23,24). The van der Waals surface area contributed by atoms with Crippen molar-refractivity contribution in [3.05, 3.63) is 35.4 Å². The molecular formula is C22H34O4. The zero-order valence-corrected chi connectivity index (χ0v) is 16.6. The SMILES string of the molecule is CCCCCCC(C)(CCCCCC)OC(=O)c1ccccc1C(=O)O. The molecule has 0 aliphatic rings. The van der Waals surface area contributed by atoms with Crippen LogP contribution >= 0.6 is 0 Å². The van der Waals surface area contributed by atoms with Crippen molar-refractivity contribution < 1.29 is 19.4 Å². The summed E-state index contributed by atoms with van der Waals surface area (Å²) in [5.41, 5.74) is -0.408. The van der Waals surface area contributed by atoms with Gasteiger partial charge in [-0.1, -0.05) is 64.5 Å². The Morgan fingerprint density at radius 2 is 1.38 bits per heavy atom. The van der Waals surface area contributed by atoms with Gasteiger partial charge in [-0.15, -0.1) is 0 Å². The third kappa shape index (κ3) is 7.59. The average molecular weight is 363 g/mol. The number of ether oxygens (including phenoxy) is 1. The first kappa shape index (κ1) is 22.2. The number of unbranched alkanes of at least 4 members (excludes halogenated alkanes) is 6. The number of aromatic carboxylic acids is 1. The van der Waals surface area contributed by atoms with Crippen LogP contribution in [0.5, 0.6) is 0 Å². The van der Waals surface area contributed by atoms with E-state index < -0.39 is 17.5 Å². The molecule has 1 aromatic rings. The van der Waals surface area contributed by atoms with Crippen molar-refractivity contribution in [1.29, 1.82) is 0 Å². The van der Waals surface area contributed by atoms with Gasteiger partial charge < -0.3 is 9.84 Å². The second kappa shape index (κ2) is 11.7. The van der Waals surface area contributed by atoms with E-state index in [-0.39, 0.29) is 11.1 Å². The normalized spacial score (nSPS) is 11.3. The Morgan fingerprint density at radius 3 is 1.85 bits per heavy atom. The maximum absolute atomic E-state index is 12.7. The smallest absolute Gasteiger partial charge is 0.339 e. The highest BCUT2D eigenvalue weighted by atomic mass is 16.6. The minimum atomic E-state index is -1.11. The third-order valence-electron chi connectivity index (χ3n) is 4.83. The number of carboxylic acids is 1. The van der Waals surface area contributed by atoms with Crippen LogP contribution in [0.4, 0.5) is 0 Å². The molecule has 26 heavy (non-hydrogen) atoms. The fourth-order valence-corrected chi connectivity index (χ4v) is 3.20. The molecule has 4 heteroatoms. The molecule has 0 saturated carbocycles. The summed E-state index contributed by atoms with van der Waals surface area (Å²) < 4.78 is 5.87. The number of esters is 1. The molecule has 0 fully saturated rings. The van der Waals surface area contributed by atoms with Crippen molar-refractivity contribution in [3.63, 3.8) is 0 Å². The fourth-order valence-electron chi connectivity index (χ4n) is 3.20. The molecule has 0 heterocycles. The molecule has 0 radical (unpaired) electrons. The van der Waals surface area contributed by atoms with E-state index >= 15 is 0 Å². The molecule has 4 nitrogen and oxygen atoms in total. The lowest BCUT2D eigenvalue weighted by atomic mass is 9.91. The highest BCUT2D eigenvalue weighted by molar-refractivity contribution is 6.02. The molecule has 1 aromatic carbocycles. The third-order valence-corrected chi connectivity index (χ3v) is 4.83. The fraction of sp³-hybridized carbons (Fsp3) is 0.636. The van der Waals surface area contributed by atoms with E-state index in [0.29, 0.717) is 0 Å². The number of hydrogen-bond acceptors (Lipinski definition) is 3. The maximum Gasteiger partial charge on any atom is 0.339 e. The van der Waals surface area contributed by atoms with Crippen LogP contribution in [0.2, 0.25) is 0 Å². The first-order valence-electron chi connectivity index (χ1n) is 9.99. The number of hydrogen-bond donors (Lipinski definition) is 1. The Bertz CT molecular complexity index is 553. The summed E-state index contributed by atoms with van der Waals surface area (Å²) in [5.74, 6) is -1.64. The molecular weight excluding hydrogens is 328 g/mol. The Morgan fingerprint density at radius 1 is 0.885 bits per heavy atom. The van der Waals surface area contributed by atoms with Crippen molar-refractivity contribution >= 4 is 11.9 Å². The van der Waals surface area contributed by atoms with Crippen LogP contribution in [0.25, 0.3) is 0 Å². The van der Waals surface area contributed by atoms with E-state index in [2.05, 4.69) is 13.8 Å². The van der Waals surface area contributed by atoms with Crippen LogP contribution in [-0.4, -0.2) is 22.6 Å². The monoisotopic (exact) mass is 362 g/mol. The Kier molecular flexibility index (Phi) is 10.0. The van der Waals surface area contributed by atoms with Gasteiger partial charge in [-0.25, -0.2) is 9.59 Å². The van der Waals surface area contributed by atoms with E-state index in [1.807, 2.05) is 6.92 Å². The first-order chi connectivity index (χ1) is 12.4. The zero-order chi connectivity index (χ0) is 19.4. The van der Waals surface area contributed by atoms with E-state index in [1.165, 1.54) is 37.8 Å². The summed E-state index contributed by atoms with van der Waals surface area (Å²) in [6.07, 6.45) is 10.6. The summed E-state index contributed by atoms with van der Waals surface area (Å²) in [6, 6.07) is 6.26. The minimum absolute atomic E-state index is 0.00295. The molecule has 0 amide bonds. The number of carbonyl (C=O) groups excluding carboxylic acids is 1. The molecule has 1 rings (SSSR count). The lowest BCUT2D eigenvalue weighted by molar-refractivity contribution is -0.0201. The molecule has 0 aliphatic heterocycles. The lowest BCUT2D eigenvalue weighted by Crippen LogP contribution is -2.32. The Balaban J connectivity index is 2.82. The highest BCUT2D eigenvalue weighted by Crippen LogP contribution is 2.28. The predicted octanol–water partition coefficient (Wildman–Crippen LogP) is 6.24. The van der Waals surface area contributed by atoms with Crippen LogP contribution in [0, 0.1) is 0 Å². The summed E-state index contributed by atoms with van der Waals surface area (Å²) in [6.45, 7) is 6.34. The molecule has 1 N–H and O–H groups in total. The van der Waals surface area contributed by atoms with Gasteiger partial charge in [-0.3, -0.25) is 0 Å². The maximum atomic E-state index is 12.7.